The Morgan fingerprint density at radius 2 is 2.08 bits per heavy atom. The lowest BCUT2D eigenvalue weighted by Gasteiger charge is -2.38. The zero-order valence-corrected chi connectivity index (χ0v) is 16.1. The maximum Gasteiger partial charge on any atom is 0.224 e. The number of carbonyl (C=O) groups excluding carboxylic acids is 1. The van der Waals surface area contributed by atoms with E-state index in [9.17, 15) is 4.79 Å². The minimum atomic E-state index is 0.246. The van der Waals surface area contributed by atoms with Gasteiger partial charge in [-0.25, -0.2) is 0 Å². The second-order valence-electron chi connectivity index (χ2n) is 8.11. The Morgan fingerprint density at radius 1 is 1.36 bits per heavy atom. The van der Waals surface area contributed by atoms with Crippen molar-refractivity contribution < 1.29 is 9.53 Å². The van der Waals surface area contributed by atoms with E-state index in [2.05, 4.69) is 35.1 Å². The van der Waals surface area contributed by atoms with Crippen LogP contribution >= 0.6 is 0 Å². The Kier molecular flexibility index (Phi) is 5.49. The van der Waals surface area contributed by atoms with Crippen LogP contribution in [-0.4, -0.2) is 72.4 Å². The highest BCUT2D eigenvalue weighted by atomic mass is 16.5. The quantitative estimate of drug-likeness (QED) is 0.813. The number of likely N-dealkylation sites (tertiary alicyclic amines) is 1. The summed E-state index contributed by atoms with van der Waals surface area (Å²) in [6.45, 7) is 9.19. The Bertz CT molecular complexity index is 605. The Hall–Kier alpha value is -1.40. The van der Waals surface area contributed by atoms with Gasteiger partial charge in [0, 0.05) is 51.5 Å². The van der Waals surface area contributed by atoms with Crippen LogP contribution in [0.15, 0.2) is 6.07 Å². The molecule has 2 aliphatic heterocycles. The zero-order chi connectivity index (χ0) is 18.0. The van der Waals surface area contributed by atoms with Crippen LogP contribution in [0.5, 0.6) is 0 Å². The van der Waals surface area contributed by atoms with Crippen molar-refractivity contribution in [2.75, 3.05) is 46.9 Å². The summed E-state index contributed by atoms with van der Waals surface area (Å²) < 4.78 is 7.55. The highest BCUT2D eigenvalue weighted by Crippen LogP contribution is 2.44. The number of nitrogens with zero attached hydrogens (tertiary/aromatic N) is 4. The van der Waals surface area contributed by atoms with Gasteiger partial charge in [0.1, 0.15) is 0 Å². The number of carbonyl (C=O) groups is 1. The third kappa shape index (κ3) is 4.06. The molecule has 1 spiro atoms. The fourth-order valence-electron chi connectivity index (χ4n) is 4.52. The lowest BCUT2D eigenvalue weighted by atomic mass is 9.72. The van der Waals surface area contributed by atoms with Crippen LogP contribution in [-0.2, 0) is 16.1 Å². The lowest BCUT2D eigenvalue weighted by molar-refractivity contribution is -0.131. The van der Waals surface area contributed by atoms with Crippen molar-refractivity contribution in [1.29, 1.82) is 0 Å². The summed E-state index contributed by atoms with van der Waals surface area (Å²) in [6.07, 6.45) is 2.68. The Labute approximate surface area is 151 Å². The van der Waals surface area contributed by atoms with Gasteiger partial charge in [0.25, 0.3) is 0 Å². The number of aromatic nitrogens is 2. The monoisotopic (exact) mass is 348 g/mol. The number of aryl methyl sites for hydroxylation is 3. The first-order valence-electron chi connectivity index (χ1n) is 9.41. The maximum atomic E-state index is 12.8. The van der Waals surface area contributed by atoms with Gasteiger partial charge in [0.05, 0.1) is 5.69 Å². The van der Waals surface area contributed by atoms with Gasteiger partial charge in [-0.05, 0) is 58.2 Å². The van der Waals surface area contributed by atoms with E-state index in [1.807, 2.05) is 18.5 Å². The molecule has 2 fully saturated rings. The minimum absolute atomic E-state index is 0.246. The Balaban J connectivity index is 1.63. The molecule has 2 aliphatic rings. The van der Waals surface area contributed by atoms with E-state index in [1.165, 1.54) is 0 Å². The summed E-state index contributed by atoms with van der Waals surface area (Å²) in [5.74, 6) is 0.809. The summed E-state index contributed by atoms with van der Waals surface area (Å²) in [6, 6.07) is 2.06. The predicted octanol–water partition coefficient (Wildman–Crippen LogP) is 1.71. The van der Waals surface area contributed by atoms with Gasteiger partial charge < -0.3 is 14.5 Å². The third-order valence-electron chi connectivity index (χ3n) is 5.88. The molecular formula is C19H32N4O2. The molecule has 0 aromatic carbocycles. The summed E-state index contributed by atoms with van der Waals surface area (Å²) in [5.41, 5.74) is 2.38. The van der Waals surface area contributed by atoms with E-state index < -0.39 is 0 Å². The van der Waals surface area contributed by atoms with Crippen molar-refractivity contribution in [2.45, 2.75) is 39.7 Å². The van der Waals surface area contributed by atoms with Gasteiger partial charge in [0.15, 0.2) is 0 Å². The Morgan fingerprint density at radius 3 is 2.68 bits per heavy atom. The molecule has 0 saturated carbocycles. The first-order chi connectivity index (χ1) is 11.9. The molecule has 3 rings (SSSR count). The molecule has 2 saturated heterocycles. The molecule has 0 bridgehead atoms. The first-order valence-corrected chi connectivity index (χ1v) is 9.41. The van der Waals surface area contributed by atoms with Gasteiger partial charge >= 0.3 is 0 Å². The topological polar surface area (TPSA) is 50.6 Å². The summed E-state index contributed by atoms with van der Waals surface area (Å²) >= 11 is 0. The maximum absolute atomic E-state index is 12.8. The second-order valence-corrected chi connectivity index (χ2v) is 8.11. The van der Waals surface area contributed by atoms with Crippen LogP contribution in [0, 0.1) is 25.2 Å². The van der Waals surface area contributed by atoms with Gasteiger partial charge in [-0.1, -0.05) is 0 Å². The fraction of sp³-hybridized carbons (Fsp3) is 0.789. The van der Waals surface area contributed by atoms with Crippen LogP contribution in [0.4, 0.5) is 0 Å². The van der Waals surface area contributed by atoms with Gasteiger partial charge in [-0.15, -0.1) is 0 Å². The third-order valence-corrected chi connectivity index (χ3v) is 5.88. The van der Waals surface area contributed by atoms with Crippen LogP contribution in [0.3, 0.4) is 0 Å². The van der Waals surface area contributed by atoms with E-state index in [0.29, 0.717) is 18.9 Å². The molecule has 140 valence electrons. The number of rotatable bonds is 5. The molecule has 6 nitrogen and oxygen atoms in total. The van der Waals surface area contributed by atoms with Crippen molar-refractivity contribution in [3.8, 4) is 0 Å². The molecule has 1 aromatic rings. The van der Waals surface area contributed by atoms with E-state index in [0.717, 1.165) is 57.1 Å². The molecule has 0 radical (unpaired) electrons. The van der Waals surface area contributed by atoms with Crippen LogP contribution in [0.1, 0.15) is 30.7 Å². The number of amides is 1. The molecule has 1 unspecified atom stereocenters. The molecule has 1 aromatic heterocycles. The van der Waals surface area contributed by atoms with Crippen LogP contribution in [0.25, 0.3) is 0 Å². The first kappa shape index (κ1) is 18.4. The average molecular weight is 348 g/mol. The van der Waals surface area contributed by atoms with Gasteiger partial charge in [0.2, 0.25) is 5.91 Å². The molecule has 0 N–H and O–H groups in total. The van der Waals surface area contributed by atoms with Crippen molar-refractivity contribution in [1.82, 2.24) is 19.6 Å². The number of ether oxygens (including phenoxy) is 1. The number of hydrogen-bond donors (Lipinski definition) is 0. The predicted molar refractivity (Wildman–Crippen MR) is 97.4 cm³/mol. The second kappa shape index (κ2) is 7.46. The van der Waals surface area contributed by atoms with Crippen molar-refractivity contribution in [3.05, 3.63) is 17.5 Å². The normalized spacial score (nSPS) is 22.9. The summed E-state index contributed by atoms with van der Waals surface area (Å²) in [7, 11) is 4.25. The van der Waals surface area contributed by atoms with E-state index in [1.54, 1.807) is 0 Å². The minimum Gasteiger partial charge on any atom is -0.381 e. The van der Waals surface area contributed by atoms with Crippen molar-refractivity contribution in [3.63, 3.8) is 0 Å². The summed E-state index contributed by atoms with van der Waals surface area (Å²) in [4.78, 5) is 17.2. The lowest BCUT2D eigenvalue weighted by Crippen LogP contribution is -2.40. The fourth-order valence-corrected chi connectivity index (χ4v) is 4.52. The molecule has 1 amide bonds. The van der Waals surface area contributed by atoms with Crippen LogP contribution in [0.2, 0.25) is 0 Å². The van der Waals surface area contributed by atoms with E-state index >= 15 is 0 Å². The smallest absolute Gasteiger partial charge is 0.224 e. The average Bonchev–Trinajstić information content (AvgIpc) is 3.05. The van der Waals surface area contributed by atoms with Crippen molar-refractivity contribution >= 4 is 5.91 Å². The molecule has 0 aliphatic carbocycles. The van der Waals surface area contributed by atoms with Gasteiger partial charge in [-0.3, -0.25) is 9.48 Å². The highest BCUT2D eigenvalue weighted by Gasteiger charge is 2.48. The standard InChI is InChI=1S/C19H32N4O2/c1-15-11-16(2)23(20-15)8-5-18(24)22-13-17(12-21(3)4)19(14-22)6-9-25-10-7-19/h11,17H,5-10,12-14H2,1-4H3. The number of hydrogen-bond acceptors (Lipinski definition) is 4. The SMILES string of the molecule is Cc1cc(C)n(CCC(=O)N2CC(CN(C)C)C3(CCOCC3)C2)n1. The highest BCUT2D eigenvalue weighted by molar-refractivity contribution is 5.76. The molecule has 3 heterocycles. The van der Waals surface area contributed by atoms with E-state index in [4.69, 9.17) is 4.74 Å². The largest absolute Gasteiger partial charge is 0.381 e. The zero-order valence-electron chi connectivity index (χ0n) is 16.1. The molecule has 25 heavy (non-hydrogen) atoms. The van der Waals surface area contributed by atoms with E-state index in [-0.39, 0.29) is 11.3 Å². The molecule has 1 atom stereocenters. The van der Waals surface area contributed by atoms with Crippen molar-refractivity contribution in [2.24, 2.45) is 11.3 Å². The van der Waals surface area contributed by atoms with Crippen LogP contribution < -0.4 is 0 Å². The molecule has 6 heteroatoms. The molecular weight excluding hydrogens is 316 g/mol. The van der Waals surface area contributed by atoms with Gasteiger partial charge in [-0.2, -0.15) is 5.10 Å². The summed E-state index contributed by atoms with van der Waals surface area (Å²) in [5, 5.41) is 4.47.